The van der Waals surface area contributed by atoms with Gasteiger partial charge in [-0.15, -0.1) is 0 Å². The Kier molecular flexibility index (Phi) is 3.29. The van der Waals surface area contributed by atoms with E-state index in [2.05, 4.69) is 21.0 Å². The molecule has 0 aliphatic rings. The zero-order chi connectivity index (χ0) is 12.6. The van der Waals surface area contributed by atoms with Gasteiger partial charge < -0.3 is 5.73 Å². The lowest BCUT2D eigenvalue weighted by atomic mass is 10.3. The van der Waals surface area contributed by atoms with Gasteiger partial charge in [0, 0.05) is 0 Å². The fraction of sp³-hybridized carbons (Fsp3) is 0. The lowest BCUT2D eigenvalue weighted by molar-refractivity contribution is 0.887. The van der Waals surface area contributed by atoms with Crippen LogP contribution < -0.4 is 5.73 Å². The van der Waals surface area contributed by atoms with Gasteiger partial charge in [0.25, 0.3) is 0 Å². The molecule has 0 saturated heterocycles. The van der Waals surface area contributed by atoms with Gasteiger partial charge in [-0.25, -0.2) is 4.68 Å². The van der Waals surface area contributed by atoms with E-state index in [0.717, 1.165) is 0 Å². The van der Waals surface area contributed by atoms with Crippen LogP contribution in [0.4, 0.5) is 5.82 Å². The number of hydrogen-bond acceptors (Lipinski definition) is 3. The van der Waals surface area contributed by atoms with Crippen LogP contribution in [0.15, 0.2) is 22.8 Å². The highest BCUT2D eigenvalue weighted by molar-refractivity contribution is 9.10. The number of hydrogen-bond donors (Lipinski definition) is 1. The molecule has 7 heteroatoms. The average Bonchev–Trinajstić information content (AvgIpc) is 2.68. The first-order valence-electron chi connectivity index (χ1n) is 4.43. The molecule has 1 aromatic carbocycles. The van der Waals surface area contributed by atoms with E-state index in [4.69, 9.17) is 34.2 Å². The maximum atomic E-state index is 8.80. The van der Waals surface area contributed by atoms with Gasteiger partial charge in [-0.3, -0.25) is 0 Å². The van der Waals surface area contributed by atoms with E-state index in [1.165, 1.54) is 10.9 Å². The topological polar surface area (TPSA) is 67.6 Å². The molecule has 0 aliphatic carbocycles. The number of nitrogens with zero attached hydrogens (tertiary/aromatic N) is 3. The fourth-order valence-electron chi connectivity index (χ4n) is 1.32. The summed E-state index contributed by atoms with van der Waals surface area (Å²) in [5.41, 5.74) is 6.72. The normalized spacial score (nSPS) is 10.2. The van der Waals surface area contributed by atoms with Crippen molar-refractivity contribution in [2.24, 2.45) is 0 Å². The molecule has 0 spiro atoms. The zero-order valence-electron chi connectivity index (χ0n) is 8.28. The molecule has 86 valence electrons. The summed E-state index contributed by atoms with van der Waals surface area (Å²) in [5.74, 6) is 0.256. The molecule has 0 amide bonds. The third kappa shape index (κ3) is 2.00. The van der Waals surface area contributed by atoms with Gasteiger partial charge in [-0.1, -0.05) is 23.2 Å². The van der Waals surface area contributed by atoms with Crippen molar-refractivity contribution in [1.29, 1.82) is 5.26 Å². The largest absolute Gasteiger partial charge is 0.382 e. The monoisotopic (exact) mass is 330 g/mol. The van der Waals surface area contributed by atoms with Crippen LogP contribution in [0.2, 0.25) is 10.0 Å². The van der Waals surface area contributed by atoms with E-state index in [0.29, 0.717) is 25.8 Å². The van der Waals surface area contributed by atoms with Crippen molar-refractivity contribution in [2.75, 3.05) is 5.73 Å². The number of aromatic nitrogens is 2. The van der Waals surface area contributed by atoms with Crippen LogP contribution in [-0.4, -0.2) is 9.78 Å². The van der Waals surface area contributed by atoms with Crippen LogP contribution in [0.5, 0.6) is 0 Å². The Morgan fingerprint density at radius 2 is 2.12 bits per heavy atom. The molecule has 0 atom stereocenters. The van der Waals surface area contributed by atoms with Gasteiger partial charge in [-0.2, -0.15) is 10.4 Å². The van der Waals surface area contributed by atoms with E-state index in [-0.39, 0.29) is 5.82 Å². The van der Waals surface area contributed by atoms with Gasteiger partial charge in [0.1, 0.15) is 17.5 Å². The zero-order valence-corrected chi connectivity index (χ0v) is 11.4. The molecule has 4 nitrogen and oxygen atoms in total. The van der Waals surface area contributed by atoms with E-state index < -0.39 is 0 Å². The maximum Gasteiger partial charge on any atom is 0.145 e. The number of nitriles is 1. The summed E-state index contributed by atoms with van der Waals surface area (Å²) in [6.45, 7) is 0. The molecule has 1 heterocycles. The predicted octanol–water partition coefficient (Wildman–Crippen LogP) is 3.40. The van der Waals surface area contributed by atoms with Crippen LogP contribution in [0, 0.1) is 11.3 Å². The second-order valence-corrected chi connectivity index (χ2v) is 4.74. The highest BCUT2D eigenvalue weighted by Gasteiger charge is 2.14. The van der Waals surface area contributed by atoms with Crippen molar-refractivity contribution in [3.05, 3.63) is 38.4 Å². The van der Waals surface area contributed by atoms with Crippen LogP contribution in [-0.2, 0) is 0 Å². The maximum absolute atomic E-state index is 8.80. The number of nitrogen functional groups attached to an aromatic ring is 1. The smallest absolute Gasteiger partial charge is 0.145 e. The molecule has 0 fully saturated rings. The summed E-state index contributed by atoms with van der Waals surface area (Å²) < 4.78 is 2.00. The molecule has 2 N–H and O–H groups in total. The Hall–Kier alpha value is -1.22. The Bertz CT molecular complexity index is 630. The van der Waals surface area contributed by atoms with Crippen molar-refractivity contribution in [3.63, 3.8) is 0 Å². The fourth-order valence-corrected chi connectivity index (χ4v) is 2.26. The second-order valence-electron chi connectivity index (χ2n) is 3.16. The standard InChI is InChI=1S/C10H5BrCl2N4/c11-8-7(2-1-6(12)9(8)13)17-10(15)5(3-14)4-16-17/h1-2,4H,15H2. The molecule has 1 aromatic heterocycles. The minimum Gasteiger partial charge on any atom is -0.382 e. The Morgan fingerprint density at radius 3 is 2.71 bits per heavy atom. The SMILES string of the molecule is N#Cc1cnn(-c2ccc(Cl)c(Cl)c2Br)c1N. The average molecular weight is 332 g/mol. The summed E-state index contributed by atoms with van der Waals surface area (Å²) >= 11 is 15.2. The molecule has 0 bridgehead atoms. The van der Waals surface area contributed by atoms with Crippen molar-refractivity contribution in [2.45, 2.75) is 0 Å². The summed E-state index contributed by atoms with van der Waals surface area (Å²) in [7, 11) is 0. The number of anilines is 1. The van der Waals surface area contributed by atoms with Gasteiger partial charge in [0.2, 0.25) is 0 Å². The molecule has 0 aliphatic heterocycles. The molecular formula is C10H5BrCl2N4. The highest BCUT2D eigenvalue weighted by Crippen LogP contribution is 2.35. The highest BCUT2D eigenvalue weighted by atomic mass is 79.9. The van der Waals surface area contributed by atoms with Crippen LogP contribution >= 0.6 is 39.1 Å². The summed E-state index contributed by atoms with van der Waals surface area (Å²) in [5, 5.41) is 13.6. The summed E-state index contributed by atoms with van der Waals surface area (Å²) in [6.07, 6.45) is 1.39. The van der Waals surface area contributed by atoms with Crippen molar-refractivity contribution in [3.8, 4) is 11.8 Å². The number of nitrogens with two attached hydrogens (primary N) is 1. The second kappa shape index (κ2) is 4.57. The first kappa shape index (κ1) is 12.2. The van der Waals surface area contributed by atoms with E-state index >= 15 is 0 Å². The van der Waals surface area contributed by atoms with E-state index in [9.17, 15) is 0 Å². The Morgan fingerprint density at radius 1 is 1.41 bits per heavy atom. The van der Waals surface area contributed by atoms with Gasteiger partial charge in [-0.05, 0) is 28.1 Å². The van der Waals surface area contributed by atoms with E-state index in [1.54, 1.807) is 12.1 Å². The van der Waals surface area contributed by atoms with Crippen LogP contribution in [0.3, 0.4) is 0 Å². The number of benzene rings is 1. The third-order valence-electron chi connectivity index (χ3n) is 2.17. The number of halogens is 3. The predicted molar refractivity (Wildman–Crippen MR) is 70.4 cm³/mol. The quantitative estimate of drug-likeness (QED) is 0.814. The lowest BCUT2D eigenvalue weighted by Crippen LogP contribution is -2.03. The first-order valence-corrected chi connectivity index (χ1v) is 5.98. The van der Waals surface area contributed by atoms with Gasteiger partial charge in [0.05, 0.1) is 26.4 Å². The van der Waals surface area contributed by atoms with Crippen molar-refractivity contribution >= 4 is 44.9 Å². The van der Waals surface area contributed by atoms with Crippen molar-refractivity contribution in [1.82, 2.24) is 9.78 Å². The van der Waals surface area contributed by atoms with E-state index in [1.807, 2.05) is 6.07 Å². The lowest BCUT2D eigenvalue weighted by Gasteiger charge is -2.08. The van der Waals surface area contributed by atoms with Crippen LogP contribution in [0.1, 0.15) is 5.56 Å². The molecule has 0 unspecified atom stereocenters. The number of rotatable bonds is 1. The van der Waals surface area contributed by atoms with Gasteiger partial charge in [0.15, 0.2) is 0 Å². The summed E-state index contributed by atoms with van der Waals surface area (Å²) in [4.78, 5) is 0. The molecule has 2 aromatic rings. The molecule has 0 radical (unpaired) electrons. The summed E-state index contributed by atoms with van der Waals surface area (Å²) in [6, 6.07) is 5.30. The van der Waals surface area contributed by atoms with Crippen LogP contribution in [0.25, 0.3) is 5.69 Å². The minimum atomic E-state index is 0.256. The Balaban J connectivity index is 2.66. The molecule has 17 heavy (non-hydrogen) atoms. The molecule has 0 saturated carbocycles. The minimum absolute atomic E-state index is 0.256. The Labute approximate surface area is 116 Å². The van der Waals surface area contributed by atoms with Crippen molar-refractivity contribution < 1.29 is 0 Å². The molecule has 2 rings (SSSR count). The van der Waals surface area contributed by atoms with Gasteiger partial charge >= 0.3 is 0 Å². The third-order valence-corrected chi connectivity index (χ3v) is 4.01. The first-order chi connectivity index (χ1) is 8.06. The molecular weight excluding hydrogens is 327 g/mol.